The van der Waals surface area contributed by atoms with Crippen LogP contribution in [0.1, 0.15) is 28.1 Å². The highest BCUT2D eigenvalue weighted by Gasteiger charge is 2.51. The van der Waals surface area contributed by atoms with Crippen LogP contribution in [0.25, 0.3) is 11.0 Å². The van der Waals surface area contributed by atoms with E-state index in [2.05, 4.69) is 4.98 Å². The van der Waals surface area contributed by atoms with Crippen LogP contribution in [0.15, 0.2) is 53.2 Å². The maximum atomic E-state index is 12.9. The minimum atomic E-state index is 0.000999. The molecule has 4 heterocycles. The lowest BCUT2D eigenvalue weighted by atomic mass is 9.92. The van der Waals surface area contributed by atoms with Gasteiger partial charge in [0, 0.05) is 42.2 Å². The molecule has 1 atom stereocenters. The molecule has 28 heavy (non-hydrogen) atoms. The normalized spacial score (nSPS) is 20.6. The van der Waals surface area contributed by atoms with Gasteiger partial charge in [-0.25, -0.2) is 0 Å². The number of furan rings is 1. The number of aromatic nitrogens is 1. The topological polar surface area (TPSA) is 55.6 Å². The summed E-state index contributed by atoms with van der Waals surface area (Å²) >= 11 is 1.94. The Morgan fingerprint density at radius 2 is 2.07 bits per heavy atom. The van der Waals surface area contributed by atoms with Crippen LogP contribution in [-0.4, -0.2) is 45.5 Å². The molecule has 2 aliphatic rings. The summed E-state index contributed by atoms with van der Waals surface area (Å²) in [7, 11) is 0. The fourth-order valence-corrected chi connectivity index (χ4v) is 5.69. The second-order valence-electron chi connectivity index (χ2n) is 7.70. The number of benzene rings is 1. The fraction of sp³-hybridized carbons (Fsp3) is 0.364. The molecule has 0 aliphatic carbocycles. The van der Waals surface area contributed by atoms with Crippen molar-refractivity contribution in [1.82, 2.24) is 9.88 Å². The lowest BCUT2D eigenvalue weighted by molar-refractivity contribution is 0.0243. The molecule has 5 nitrogen and oxygen atoms in total. The summed E-state index contributed by atoms with van der Waals surface area (Å²) in [6.07, 6.45) is 4.81. The molecule has 1 amide bonds. The maximum absolute atomic E-state index is 12.9. The van der Waals surface area contributed by atoms with Gasteiger partial charge in [0.05, 0.1) is 17.5 Å². The molecular formula is C22H22N2O3S. The summed E-state index contributed by atoms with van der Waals surface area (Å²) in [6.45, 7) is 4.11. The molecule has 6 heteroatoms. The Hall–Kier alpha value is -2.31. The summed E-state index contributed by atoms with van der Waals surface area (Å²) in [5.41, 5.74) is 2.85. The van der Waals surface area contributed by atoms with E-state index in [0.29, 0.717) is 12.4 Å². The second-order valence-corrected chi connectivity index (χ2v) is 9.19. The number of likely N-dealkylation sites (tertiary alicyclic amines) is 1. The first-order valence-corrected chi connectivity index (χ1v) is 10.5. The largest absolute Gasteiger partial charge is 0.451 e. The van der Waals surface area contributed by atoms with Crippen LogP contribution < -0.4 is 0 Å². The first-order chi connectivity index (χ1) is 13.6. The smallest absolute Gasteiger partial charge is 0.289 e. The highest BCUT2D eigenvalue weighted by atomic mass is 32.2. The molecule has 1 spiro atoms. The second kappa shape index (κ2) is 6.94. The monoisotopic (exact) mass is 394 g/mol. The highest BCUT2D eigenvalue weighted by molar-refractivity contribution is 8.01. The SMILES string of the molecule is Cc1c(C(=O)N2CC3(C[C@@H](OCc4ccncc4)CS3)C2)oc2ccccc12. The Labute approximate surface area is 168 Å². The number of fused-ring (bicyclic) bond motifs is 1. The van der Waals surface area contributed by atoms with Crippen molar-refractivity contribution in [3.63, 3.8) is 0 Å². The number of aryl methyl sites for hydroxylation is 1. The quantitative estimate of drug-likeness (QED) is 0.668. The van der Waals surface area contributed by atoms with Gasteiger partial charge in [-0.3, -0.25) is 9.78 Å². The number of carbonyl (C=O) groups excluding carboxylic acids is 1. The van der Waals surface area contributed by atoms with Crippen LogP contribution in [0.2, 0.25) is 0 Å². The van der Waals surface area contributed by atoms with E-state index in [0.717, 1.165) is 47.4 Å². The summed E-state index contributed by atoms with van der Waals surface area (Å²) in [6, 6.07) is 11.8. The van der Waals surface area contributed by atoms with Crippen molar-refractivity contribution in [2.75, 3.05) is 18.8 Å². The van der Waals surface area contributed by atoms with Crippen molar-refractivity contribution in [3.8, 4) is 0 Å². The van der Waals surface area contributed by atoms with E-state index in [-0.39, 0.29) is 16.8 Å². The lowest BCUT2D eigenvalue weighted by Gasteiger charge is -2.47. The van der Waals surface area contributed by atoms with Gasteiger partial charge in [-0.2, -0.15) is 0 Å². The number of nitrogens with zero attached hydrogens (tertiary/aromatic N) is 2. The molecule has 0 saturated carbocycles. The van der Waals surface area contributed by atoms with E-state index >= 15 is 0 Å². The van der Waals surface area contributed by atoms with E-state index in [4.69, 9.17) is 9.15 Å². The predicted octanol–water partition coefficient (Wildman–Crippen LogP) is 4.05. The minimum Gasteiger partial charge on any atom is -0.451 e. The molecule has 0 unspecified atom stereocenters. The molecule has 2 aliphatic heterocycles. The third-order valence-corrected chi connectivity index (χ3v) is 7.27. The number of hydrogen-bond acceptors (Lipinski definition) is 5. The molecule has 0 N–H and O–H groups in total. The van der Waals surface area contributed by atoms with E-state index < -0.39 is 0 Å². The predicted molar refractivity (Wildman–Crippen MR) is 109 cm³/mol. The summed E-state index contributed by atoms with van der Waals surface area (Å²) in [4.78, 5) is 18.9. The highest BCUT2D eigenvalue weighted by Crippen LogP contribution is 2.46. The third kappa shape index (κ3) is 3.10. The number of carbonyl (C=O) groups is 1. The van der Waals surface area contributed by atoms with Crippen LogP contribution in [0, 0.1) is 6.92 Å². The van der Waals surface area contributed by atoms with Crippen molar-refractivity contribution < 1.29 is 13.9 Å². The molecule has 144 valence electrons. The van der Waals surface area contributed by atoms with Crippen LogP contribution in [-0.2, 0) is 11.3 Å². The molecule has 2 fully saturated rings. The van der Waals surface area contributed by atoms with Gasteiger partial charge in [-0.05, 0) is 37.1 Å². The van der Waals surface area contributed by atoms with Gasteiger partial charge in [0.1, 0.15) is 5.58 Å². The number of thioether (sulfide) groups is 1. The molecule has 0 radical (unpaired) electrons. The van der Waals surface area contributed by atoms with E-state index in [1.54, 1.807) is 12.4 Å². The summed E-state index contributed by atoms with van der Waals surface area (Å²) in [5, 5.41) is 1.01. The van der Waals surface area contributed by atoms with Crippen molar-refractivity contribution in [2.24, 2.45) is 0 Å². The number of pyridine rings is 1. The maximum Gasteiger partial charge on any atom is 0.289 e. The average molecular weight is 394 g/mol. The molecule has 5 rings (SSSR count). The lowest BCUT2D eigenvalue weighted by Crippen LogP contribution is -2.60. The fourth-order valence-electron chi connectivity index (χ4n) is 4.14. The summed E-state index contributed by atoms with van der Waals surface area (Å²) in [5.74, 6) is 1.46. The zero-order chi connectivity index (χ0) is 19.1. The van der Waals surface area contributed by atoms with Crippen LogP contribution in [0.4, 0.5) is 0 Å². The summed E-state index contributed by atoms with van der Waals surface area (Å²) < 4.78 is 12.1. The van der Waals surface area contributed by atoms with Gasteiger partial charge in [-0.15, -0.1) is 11.8 Å². The van der Waals surface area contributed by atoms with Crippen molar-refractivity contribution in [2.45, 2.75) is 30.8 Å². The number of rotatable bonds is 4. The Morgan fingerprint density at radius 1 is 1.29 bits per heavy atom. The standard InChI is InChI=1S/C22H22N2O3S/c1-15-18-4-2-3-5-19(18)27-20(15)21(25)24-13-22(14-24)10-17(12-28-22)26-11-16-6-8-23-9-7-16/h2-9,17H,10-14H2,1H3/t17-/m1/s1. The Balaban J connectivity index is 1.20. The zero-order valence-electron chi connectivity index (χ0n) is 15.8. The number of para-hydroxylation sites is 1. The Morgan fingerprint density at radius 3 is 2.86 bits per heavy atom. The zero-order valence-corrected chi connectivity index (χ0v) is 16.6. The van der Waals surface area contributed by atoms with Crippen LogP contribution in [0.5, 0.6) is 0 Å². The van der Waals surface area contributed by atoms with E-state index in [9.17, 15) is 4.79 Å². The average Bonchev–Trinajstić information content (AvgIpc) is 3.28. The molecule has 1 aromatic carbocycles. The molecule has 3 aromatic rings. The first-order valence-electron chi connectivity index (χ1n) is 9.55. The Bertz CT molecular complexity index is 1010. The molecule has 2 saturated heterocycles. The van der Waals surface area contributed by atoms with Crippen LogP contribution >= 0.6 is 11.8 Å². The van der Waals surface area contributed by atoms with Gasteiger partial charge in [-0.1, -0.05) is 18.2 Å². The van der Waals surface area contributed by atoms with Gasteiger partial charge >= 0.3 is 0 Å². The number of hydrogen-bond donors (Lipinski definition) is 0. The Kier molecular flexibility index (Phi) is 4.40. The molecular weight excluding hydrogens is 372 g/mol. The van der Waals surface area contributed by atoms with Crippen molar-refractivity contribution >= 4 is 28.6 Å². The van der Waals surface area contributed by atoms with Crippen LogP contribution in [0.3, 0.4) is 0 Å². The minimum absolute atomic E-state index is 0.000999. The van der Waals surface area contributed by atoms with Gasteiger partial charge in [0.15, 0.2) is 5.76 Å². The van der Waals surface area contributed by atoms with Crippen molar-refractivity contribution in [3.05, 3.63) is 65.7 Å². The van der Waals surface area contributed by atoms with Crippen molar-refractivity contribution in [1.29, 1.82) is 0 Å². The van der Waals surface area contributed by atoms with Gasteiger partial charge in [0.25, 0.3) is 5.91 Å². The van der Waals surface area contributed by atoms with E-state index in [1.807, 2.05) is 60.0 Å². The van der Waals surface area contributed by atoms with Gasteiger partial charge < -0.3 is 14.1 Å². The third-order valence-electron chi connectivity index (χ3n) is 5.69. The van der Waals surface area contributed by atoms with E-state index in [1.165, 1.54) is 0 Å². The molecule has 0 bridgehead atoms. The first kappa shape index (κ1) is 17.8. The number of amides is 1. The number of ether oxygens (including phenoxy) is 1. The molecule has 2 aromatic heterocycles. The van der Waals surface area contributed by atoms with Gasteiger partial charge in [0.2, 0.25) is 0 Å².